The number of rotatable bonds is 7. The first kappa shape index (κ1) is 13.9. The molecule has 3 rings (SSSR count). The lowest BCUT2D eigenvalue weighted by atomic mass is 10.1. The summed E-state index contributed by atoms with van der Waals surface area (Å²) in [6.45, 7) is 3.81. The molecule has 4 nitrogen and oxygen atoms in total. The predicted molar refractivity (Wildman–Crippen MR) is 84.0 cm³/mol. The second-order valence-electron chi connectivity index (χ2n) is 5.29. The van der Waals surface area contributed by atoms with Crippen molar-refractivity contribution in [1.29, 1.82) is 0 Å². The zero-order chi connectivity index (χ0) is 14.5. The van der Waals surface area contributed by atoms with Gasteiger partial charge in [0.2, 0.25) is 0 Å². The van der Waals surface area contributed by atoms with Gasteiger partial charge in [0.15, 0.2) is 0 Å². The molecule has 1 aromatic carbocycles. The third-order valence-electron chi connectivity index (χ3n) is 3.71. The van der Waals surface area contributed by atoms with Crippen LogP contribution in [0.3, 0.4) is 0 Å². The van der Waals surface area contributed by atoms with E-state index in [4.69, 9.17) is 4.42 Å². The molecule has 4 heteroatoms. The van der Waals surface area contributed by atoms with Crippen molar-refractivity contribution in [2.24, 2.45) is 0 Å². The Morgan fingerprint density at radius 2 is 2.10 bits per heavy atom. The molecule has 2 N–H and O–H groups in total. The van der Waals surface area contributed by atoms with Crippen LogP contribution in [-0.2, 0) is 19.5 Å². The number of fused-ring (bicyclic) bond motifs is 1. The topological polar surface area (TPSA) is 53.9 Å². The van der Waals surface area contributed by atoms with E-state index in [1.54, 1.807) is 6.20 Å². The number of nitrogens with one attached hydrogen (secondary N) is 2. The highest BCUT2D eigenvalue weighted by Gasteiger charge is 2.13. The van der Waals surface area contributed by atoms with E-state index in [0.717, 1.165) is 43.0 Å². The molecule has 2 heterocycles. The van der Waals surface area contributed by atoms with Crippen molar-refractivity contribution in [3.05, 3.63) is 53.5 Å². The van der Waals surface area contributed by atoms with Crippen LogP contribution in [0.25, 0.3) is 11.0 Å². The molecule has 0 aliphatic carbocycles. The summed E-state index contributed by atoms with van der Waals surface area (Å²) in [6, 6.07) is 10.3. The van der Waals surface area contributed by atoms with E-state index in [0.29, 0.717) is 0 Å². The van der Waals surface area contributed by atoms with Crippen LogP contribution in [0.15, 0.2) is 40.9 Å². The largest absolute Gasteiger partial charge is 0.461 e. The molecule has 0 aliphatic heterocycles. The molecule has 3 aromatic rings. The molecule has 0 atom stereocenters. The number of unbranched alkanes of at least 4 members (excludes halogenated alkanes) is 1. The zero-order valence-electron chi connectivity index (χ0n) is 12.4. The summed E-state index contributed by atoms with van der Waals surface area (Å²) in [5, 5.41) is 11.6. The highest BCUT2D eigenvalue weighted by molar-refractivity contribution is 5.82. The number of nitrogens with zero attached hydrogens (tertiary/aromatic N) is 1. The Labute approximate surface area is 124 Å². The highest BCUT2D eigenvalue weighted by atomic mass is 16.3. The maximum absolute atomic E-state index is 6.03. The lowest BCUT2D eigenvalue weighted by Gasteiger charge is -2.05. The number of hydrogen-bond donors (Lipinski definition) is 2. The van der Waals surface area contributed by atoms with Crippen molar-refractivity contribution in [2.45, 2.75) is 39.3 Å². The second-order valence-corrected chi connectivity index (χ2v) is 5.29. The Morgan fingerprint density at radius 1 is 1.19 bits per heavy atom. The van der Waals surface area contributed by atoms with Crippen LogP contribution in [0.4, 0.5) is 0 Å². The summed E-state index contributed by atoms with van der Waals surface area (Å²) < 4.78 is 6.03. The summed E-state index contributed by atoms with van der Waals surface area (Å²) >= 11 is 0. The molecule has 0 bridgehead atoms. The zero-order valence-corrected chi connectivity index (χ0v) is 12.4. The van der Waals surface area contributed by atoms with Gasteiger partial charge in [-0.1, -0.05) is 31.5 Å². The van der Waals surface area contributed by atoms with E-state index in [1.165, 1.54) is 17.4 Å². The quantitative estimate of drug-likeness (QED) is 0.693. The fourth-order valence-corrected chi connectivity index (χ4v) is 2.59. The van der Waals surface area contributed by atoms with Crippen LogP contribution in [0.5, 0.6) is 0 Å². The van der Waals surface area contributed by atoms with Crippen molar-refractivity contribution in [2.75, 3.05) is 0 Å². The number of hydrogen-bond acceptors (Lipinski definition) is 3. The third-order valence-corrected chi connectivity index (χ3v) is 3.71. The van der Waals surface area contributed by atoms with E-state index in [1.807, 2.05) is 18.2 Å². The standard InChI is InChI=1S/C17H21N3O/c1-2-3-7-17-15(12-18-11-13-9-10-19-20-13)14-6-4-5-8-16(14)21-17/h4-6,8-10,18H,2-3,7,11-12H2,1H3,(H,19,20). The second kappa shape index (κ2) is 6.59. The van der Waals surface area contributed by atoms with Crippen LogP contribution >= 0.6 is 0 Å². The van der Waals surface area contributed by atoms with Crippen molar-refractivity contribution < 1.29 is 4.42 Å². The summed E-state index contributed by atoms with van der Waals surface area (Å²) in [5.41, 5.74) is 3.37. The number of aromatic amines is 1. The van der Waals surface area contributed by atoms with Gasteiger partial charge >= 0.3 is 0 Å². The van der Waals surface area contributed by atoms with Crippen LogP contribution in [0, 0.1) is 0 Å². The lowest BCUT2D eigenvalue weighted by molar-refractivity contribution is 0.524. The molecule has 0 fully saturated rings. The van der Waals surface area contributed by atoms with E-state index < -0.39 is 0 Å². The van der Waals surface area contributed by atoms with Gasteiger partial charge in [-0.25, -0.2) is 0 Å². The maximum atomic E-state index is 6.03. The van der Waals surface area contributed by atoms with Gasteiger partial charge in [0.25, 0.3) is 0 Å². The minimum Gasteiger partial charge on any atom is -0.461 e. The molecule has 0 aliphatic rings. The first-order valence-electron chi connectivity index (χ1n) is 7.56. The smallest absolute Gasteiger partial charge is 0.134 e. The van der Waals surface area contributed by atoms with Gasteiger partial charge in [-0.15, -0.1) is 0 Å². The first-order chi connectivity index (χ1) is 10.4. The number of para-hydroxylation sites is 1. The molecule has 0 saturated carbocycles. The third kappa shape index (κ3) is 3.16. The molecule has 0 spiro atoms. The number of furan rings is 1. The lowest BCUT2D eigenvalue weighted by Crippen LogP contribution is -2.13. The van der Waals surface area contributed by atoms with Crippen LogP contribution in [-0.4, -0.2) is 10.2 Å². The van der Waals surface area contributed by atoms with Gasteiger partial charge in [-0.2, -0.15) is 5.10 Å². The van der Waals surface area contributed by atoms with Crippen molar-refractivity contribution in [3.8, 4) is 0 Å². The first-order valence-corrected chi connectivity index (χ1v) is 7.56. The summed E-state index contributed by atoms with van der Waals surface area (Å²) in [5.74, 6) is 1.12. The Morgan fingerprint density at radius 3 is 2.90 bits per heavy atom. The van der Waals surface area contributed by atoms with Gasteiger partial charge in [0, 0.05) is 42.4 Å². The Bertz CT molecular complexity index is 685. The van der Waals surface area contributed by atoms with E-state index >= 15 is 0 Å². The highest BCUT2D eigenvalue weighted by Crippen LogP contribution is 2.27. The normalized spacial score (nSPS) is 11.3. The molecule has 2 aromatic heterocycles. The average Bonchev–Trinajstić information content (AvgIpc) is 3.13. The molecule has 0 unspecified atom stereocenters. The van der Waals surface area contributed by atoms with Crippen molar-refractivity contribution in [1.82, 2.24) is 15.5 Å². The van der Waals surface area contributed by atoms with Gasteiger partial charge in [0.05, 0.1) is 0 Å². The number of aryl methyl sites for hydroxylation is 1. The predicted octanol–water partition coefficient (Wildman–Crippen LogP) is 3.79. The maximum Gasteiger partial charge on any atom is 0.134 e. The molecule has 21 heavy (non-hydrogen) atoms. The summed E-state index contributed by atoms with van der Waals surface area (Å²) in [7, 11) is 0. The molecule has 0 saturated heterocycles. The SMILES string of the molecule is CCCCc1oc2ccccc2c1CNCc1ccn[nH]1. The molecular formula is C17H21N3O. The number of benzene rings is 1. The minimum absolute atomic E-state index is 0.784. The summed E-state index contributed by atoms with van der Waals surface area (Å²) in [6.07, 6.45) is 5.12. The fraction of sp³-hybridized carbons (Fsp3) is 0.353. The van der Waals surface area contributed by atoms with Gasteiger partial charge in [-0.05, 0) is 18.6 Å². The monoisotopic (exact) mass is 283 g/mol. The van der Waals surface area contributed by atoms with E-state index in [-0.39, 0.29) is 0 Å². The Kier molecular flexibility index (Phi) is 4.36. The van der Waals surface area contributed by atoms with Gasteiger partial charge in [-0.3, -0.25) is 5.10 Å². The Hall–Kier alpha value is -2.07. The number of H-pyrrole nitrogens is 1. The van der Waals surface area contributed by atoms with Crippen molar-refractivity contribution in [3.63, 3.8) is 0 Å². The van der Waals surface area contributed by atoms with Crippen LogP contribution < -0.4 is 5.32 Å². The van der Waals surface area contributed by atoms with Crippen molar-refractivity contribution >= 4 is 11.0 Å². The minimum atomic E-state index is 0.784. The van der Waals surface area contributed by atoms with Crippen LogP contribution in [0.1, 0.15) is 36.8 Å². The molecule has 0 radical (unpaired) electrons. The molecule has 110 valence electrons. The van der Waals surface area contributed by atoms with E-state index in [2.05, 4.69) is 34.6 Å². The van der Waals surface area contributed by atoms with Gasteiger partial charge in [0.1, 0.15) is 11.3 Å². The summed E-state index contributed by atoms with van der Waals surface area (Å²) in [4.78, 5) is 0. The fourth-order valence-electron chi connectivity index (χ4n) is 2.59. The van der Waals surface area contributed by atoms with E-state index in [9.17, 15) is 0 Å². The van der Waals surface area contributed by atoms with Gasteiger partial charge < -0.3 is 9.73 Å². The molecular weight excluding hydrogens is 262 g/mol. The molecule has 0 amide bonds. The number of aromatic nitrogens is 2. The average molecular weight is 283 g/mol. The van der Waals surface area contributed by atoms with Crippen LogP contribution in [0.2, 0.25) is 0 Å². The Balaban J connectivity index is 1.77.